The van der Waals surface area contributed by atoms with Crippen molar-refractivity contribution in [2.24, 2.45) is 0 Å². The van der Waals surface area contributed by atoms with Crippen LogP contribution < -0.4 is 15.4 Å². The lowest BCUT2D eigenvalue weighted by molar-refractivity contribution is -0.132. The van der Waals surface area contributed by atoms with Crippen LogP contribution in [0.4, 0.5) is 4.39 Å². The Balaban J connectivity index is 1.34. The third-order valence-corrected chi connectivity index (χ3v) is 7.06. The first-order valence-corrected chi connectivity index (χ1v) is 10.8. The zero-order valence-electron chi connectivity index (χ0n) is 16.0. The maximum absolute atomic E-state index is 13.5. The molecule has 0 spiro atoms. The summed E-state index contributed by atoms with van der Waals surface area (Å²) in [7, 11) is 0. The van der Waals surface area contributed by atoms with Gasteiger partial charge in [0, 0.05) is 17.8 Å². The molecule has 10 heteroatoms. The minimum Gasteiger partial charge on any atom is -0.484 e. The number of rotatable bonds is 6. The second-order valence-corrected chi connectivity index (χ2v) is 9.14. The summed E-state index contributed by atoms with van der Waals surface area (Å²) in [6.07, 6.45) is 3.53. The molecule has 30 heavy (non-hydrogen) atoms. The van der Waals surface area contributed by atoms with Gasteiger partial charge in [-0.1, -0.05) is 11.6 Å². The molecule has 3 saturated carbocycles. The maximum atomic E-state index is 13.5. The Morgan fingerprint density at radius 1 is 1.27 bits per heavy atom. The van der Waals surface area contributed by atoms with Gasteiger partial charge in [0.15, 0.2) is 6.61 Å². The summed E-state index contributed by atoms with van der Waals surface area (Å²) in [5, 5.41) is 16.7. The molecule has 7 nitrogen and oxygen atoms in total. The topological polar surface area (TPSA) is 101 Å². The molecule has 1 aromatic carbocycles. The van der Waals surface area contributed by atoms with Gasteiger partial charge in [0.1, 0.15) is 16.4 Å². The third kappa shape index (κ3) is 4.14. The van der Waals surface area contributed by atoms with Gasteiger partial charge in [0.25, 0.3) is 11.8 Å². The van der Waals surface area contributed by atoms with Crippen LogP contribution in [0.1, 0.15) is 41.8 Å². The highest BCUT2D eigenvalue weighted by atomic mass is 35.5. The highest BCUT2D eigenvalue weighted by Crippen LogP contribution is 2.47. The average Bonchev–Trinajstić information content (AvgIpc) is 3.25. The summed E-state index contributed by atoms with van der Waals surface area (Å²) in [4.78, 5) is 25.4. The molecule has 3 N–H and O–H groups in total. The van der Waals surface area contributed by atoms with E-state index in [1.54, 1.807) is 12.3 Å². The molecule has 2 aromatic rings. The number of aliphatic hydroxyl groups is 1. The van der Waals surface area contributed by atoms with Crippen molar-refractivity contribution < 1.29 is 23.8 Å². The standard InChI is InChI=1S/C20H21ClFN3O4S/c21-13-2-1-12(9-14(13)22)29-11-17(27)24-20-6-4-19(5-7-20,10-16(20)26)25-18(28)15-3-8-23-30-15/h1-3,8-9,16,26H,4-7,10-11H2,(H,24,27)(H,25,28)/t16-,19?,20?/m0/s1. The number of aromatic nitrogens is 1. The molecule has 3 aliphatic rings. The number of halogens is 2. The van der Waals surface area contributed by atoms with Gasteiger partial charge in [-0.25, -0.2) is 8.76 Å². The lowest BCUT2D eigenvalue weighted by atomic mass is 9.60. The quantitative estimate of drug-likeness (QED) is 0.624. The van der Waals surface area contributed by atoms with Gasteiger partial charge in [0.05, 0.1) is 16.7 Å². The molecule has 2 bridgehead atoms. The summed E-state index contributed by atoms with van der Waals surface area (Å²) < 4.78 is 22.8. The van der Waals surface area contributed by atoms with Crippen LogP contribution in [-0.2, 0) is 4.79 Å². The first kappa shape index (κ1) is 21.0. The zero-order valence-corrected chi connectivity index (χ0v) is 17.6. The maximum Gasteiger partial charge on any atom is 0.263 e. The SMILES string of the molecule is O=C(COc1ccc(Cl)c(F)c1)NC12CCC(NC(=O)c3ccns3)(CC1)C[C@@H]2O. The third-order valence-electron chi connectivity index (χ3n) is 6.01. The smallest absolute Gasteiger partial charge is 0.263 e. The van der Waals surface area contributed by atoms with Crippen LogP contribution in [-0.4, -0.2) is 45.1 Å². The summed E-state index contributed by atoms with van der Waals surface area (Å²) in [6, 6.07) is 5.61. The molecule has 0 radical (unpaired) electrons. The molecule has 0 saturated heterocycles. The Kier molecular flexibility index (Phi) is 5.69. The number of hydrogen-bond donors (Lipinski definition) is 3. The Hall–Kier alpha value is -2.23. The van der Waals surface area contributed by atoms with Crippen LogP contribution in [0.25, 0.3) is 0 Å². The zero-order chi connectivity index (χ0) is 21.4. The number of aliphatic hydroxyl groups excluding tert-OH is 1. The number of nitrogens with one attached hydrogen (secondary N) is 2. The number of fused-ring (bicyclic) bond motifs is 3. The van der Waals surface area contributed by atoms with Crippen LogP contribution in [0.15, 0.2) is 30.5 Å². The highest BCUT2D eigenvalue weighted by Gasteiger charge is 2.55. The minimum absolute atomic E-state index is 0.0239. The Labute approximate surface area is 181 Å². The lowest BCUT2D eigenvalue weighted by Crippen LogP contribution is -2.70. The van der Waals surface area contributed by atoms with Crippen molar-refractivity contribution in [2.45, 2.75) is 49.3 Å². The predicted octanol–water partition coefficient (Wildman–Crippen LogP) is 2.68. The number of ether oxygens (including phenoxy) is 1. The number of nitrogens with zero attached hydrogens (tertiary/aromatic N) is 1. The van der Waals surface area contributed by atoms with Crippen molar-refractivity contribution in [3.05, 3.63) is 46.2 Å². The van der Waals surface area contributed by atoms with Gasteiger partial charge in [-0.3, -0.25) is 9.59 Å². The van der Waals surface area contributed by atoms with Gasteiger partial charge >= 0.3 is 0 Å². The van der Waals surface area contributed by atoms with E-state index in [0.29, 0.717) is 37.0 Å². The second kappa shape index (κ2) is 8.13. The molecule has 3 fully saturated rings. The fourth-order valence-corrected chi connectivity index (χ4v) is 4.93. The first-order valence-electron chi connectivity index (χ1n) is 9.61. The van der Waals surface area contributed by atoms with Gasteiger partial charge < -0.3 is 20.5 Å². The number of hydrogen-bond acceptors (Lipinski definition) is 6. The normalized spacial score (nSPS) is 27.5. The van der Waals surface area contributed by atoms with Crippen molar-refractivity contribution in [3.63, 3.8) is 0 Å². The van der Waals surface area contributed by atoms with Gasteiger partial charge in [-0.15, -0.1) is 0 Å². The molecule has 1 atom stereocenters. The number of carbonyl (C=O) groups excluding carboxylic acids is 2. The Morgan fingerprint density at radius 3 is 2.67 bits per heavy atom. The molecule has 1 heterocycles. The van der Waals surface area contributed by atoms with Gasteiger partial charge in [-0.2, -0.15) is 0 Å². The fraction of sp³-hybridized carbons (Fsp3) is 0.450. The molecule has 3 aliphatic carbocycles. The molecular formula is C20H21ClFN3O4S. The van der Waals surface area contributed by atoms with Crippen molar-refractivity contribution in [3.8, 4) is 5.75 Å². The number of carbonyl (C=O) groups is 2. The molecule has 0 aliphatic heterocycles. The molecular weight excluding hydrogens is 433 g/mol. The molecule has 2 amide bonds. The predicted molar refractivity (Wildman–Crippen MR) is 109 cm³/mol. The van der Waals surface area contributed by atoms with Crippen LogP contribution in [0.2, 0.25) is 5.02 Å². The number of benzene rings is 1. The summed E-state index contributed by atoms with van der Waals surface area (Å²) >= 11 is 6.76. The van der Waals surface area contributed by atoms with Crippen molar-refractivity contribution >= 4 is 34.9 Å². The van der Waals surface area contributed by atoms with Gasteiger partial charge in [-0.05, 0) is 61.8 Å². The lowest BCUT2D eigenvalue weighted by Gasteiger charge is -2.56. The van der Waals surface area contributed by atoms with Crippen molar-refractivity contribution in [2.75, 3.05) is 6.61 Å². The fourth-order valence-electron chi connectivity index (χ4n) is 4.33. The summed E-state index contributed by atoms with van der Waals surface area (Å²) in [5.74, 6) is -1.01. The van der Waals surface area contributed by atoms with Crippen LogP contribution in [0.5, 0.6) is 5.75 Å². The van der Waals surface area contributed by atoms with E-state index in [9.17, 15) is 19.1 Å². The summed E-state index contributed by atoms with van der Waals surface area (Å²) in [6.45, 7) is -0.303. The van der Waals surface area contributed by atoms with Crippen molar-refractivity contribution in [1.29, 1.82) is 0 Å². The van der Waals surface area contributed by atoms with Crippen LogP contribution >= 0.6 is 23.1 Å². The highest BCUT2D eigenvalue weighted by molar-refractivity contribution is 7.08. The summed E-state index contributed by atoms with van der Waals surface area (Å²) in [5.41, 5.74) is -1.23. The van der Waals surface area contributed by atoms with E-state index >= 15 is 0 Å². The molecule has 1 aromatic heterocycles. The van der Waals surface area contributed by atoms with Crippen LogP contribution in [0, 0.1) is 5.82 Å². The molecule has 5 rings (SSSR count). The monoisotopic (exact) mass is 453 g/mol. The van der Waals surface area contributed by atoms with Crippen LogP contribution in [0.3, 0.4) is 0 Å². The minimum atomic E-state index is -0.793. The second-order valence-electron chi connectivity index (χ2n) is 7.90. The van der Waals surface area contributed by atoms with E-state index in [-0.39, 0.29) is 23.3 Å². The van der Waals surface area contributed by atoms with E-state index < -0.39 is 28.9 Å². The van der Waals surface area contributed by atoms with Crippen molar-refractivity contribution in [1.82, 2.24) is 15.0 Å². The van der Waals surface area contributed by atoms with E-state index in [1.807, 2.05) is 0 Å². The molecule has 160 valence electrons. The van der Waals surface area contributed by atoms with E-state index in [0.717, 1.165) is 17.6 Å². The Bertz CT molecular complexity index is 948. The van der Waals surface area contributed by atoms with E-state index in [4.69, 9.17) is 16.3 Å². The molecule has 0 unspecified atom stereocenters. The Morgan fingerprint density at radius 2 is 2.03 bits per heavy atom. The van der Waals surface area contributed by atoms with Gasteiger partial charge in [0.2, 0.25) is 0 Å². The van der Waals surface area contributed by atoms with E-state index in [2.05, 4.69) is 15.0 Å². The average molecular weight is 454 g/mol. The van der Waals surface area contributed by atoms with E-state index in [1.165, 1.54) is 12.1 Å². The number of amides is 2. The first-order chi connectivity index (χ1) is 14.3. The largest absolute Gasteiger partial charge is 0.484 e.